The number of nitrogen functional groups attached to an aromatic ring is 1. The fourth-order valence-electron chi connectivity index (χ4n) is 1.84. The van der Waals surface area contributed by atoms with Gasteiger partial charge in [0.15, 0.2) is 0 Å². The predicted octanol–water partition coefficient (Wildman–Crippen LogP) is 3.25. The molecule has 20 heavy (non-hydrogen) atoms. The Kier molecular flexibility index (Phi) is 4.20. The zero-order chi connectivity index (χ0) is 14.5. The summed E-state index contributed by atoms with van der Waals surface area (Å²) in [6.07, 6.45) is 3.32. The zero-order valence-electron chi connectivity index (χ0n) is 11.7. The lowest BCUT2D eigenvalue weighted by molar-refractivity contribution is -0.113. The summed E-state index contributed by atoms with van der Waals surface area (Å²) in [7, 11) is 1.76. The molecule has 3 heteroatoms. The van der Waals surface area contributed by atoms with E-state index in [1.807, 2.05) is 55.5 Å². The molecule has 0 saturated carbocycles. The molecule has 2 aromatic rings. The van der Waals surface area contributed by atoms with Crippen molar-refractivity contribution in [1.29, 1.82) is 0 Å². The minimum atomic E-state index is -0.0729. The Morgan fingerprint density at radius 3 is 2.50 bits per heavy atom. The van der Waals surface area contributed by atoms with Crippen LogP contribution in [0.5, 0.6) is 0 Å². The van der Waals surface area contributed by atoms with E-state index in [0.29, 0.717) is 5.69 Å². The average Bonchev–Trinajstić information content (AvgIpc) is 2.45. The third-order valence-electron chi connectivity index (χ3n) is 3.08. The Balaban J connectivity index is 2.09. The smallest absolute Gasteiger partial charge is 0.250 e. The standard InChI is InChI=1S/C17H18N2O/c1-13-6-9-16(10-7-13)19(2)17(20)11-8-14-4-3-5-15(18)12-14/h3-12H,18H2,1-2H3/b11-8+. The molecule has 0 aliphatic carbocycles. The van der Waals surface area contributed by atoms with Gasteiger partial charge in [0, 0.05) is 24.5 Å². The molecule has 0 fully saturated rings. The molecule has 0 saturated heterocycles. The number of hydrogen-bond acceptors (Lipinski definition) is 2. The maximum atomic E-state index is 12.1. The highest BCUT2D eigenvalue weighted by Gasteiger charge is 2.06. The molecule has 1 amide bonds. The van der Waals surface area contributed by atoms with Gasteiger partial charge in [-0.1, -0.05) is 29.8 Å². The third-order valence-corrected chi connectivity index (χ3v) is 3.08. The number of nitrogens with zero attached hydrogens (tertiary/aromatic N) is 1. The molecule has 102 valence electrons. The van der Waals surface area contributed by atoms with Crippen molar-refractivity contribution in [2.45, 2.75) is 6.92 Å². The summed E-state index contributed by atoms with van der Waals surface area (Å²) < 4.78 is 0. The Labute approximate surface area is 119 Å². The molecule has 3 nitrogen and oxygen atoms in total. The van der Waals surface area contributed by atoms with Gasteiger partial charge in [-0.2, -0.15) is 0 Å². The first-order valence-corrected chi connectivity index (χ1v) is 6.44. The number of aryl methyl sites for hydroxylation is 1. The minimum Gasteiger partial charge on any atom is -0.399 e. The van der Waals surface area contributed by atoms with E-state index in [0.717, 1.165) is 11.3 Å². The normalized spacial score (nSPS) is 10.7. The zero-order valence-corrected chi connectivity index (χ0v) is 11.7. The monoisotopic (exact) mass is 266 g/mol. The second-order valence-corrected chi connectivity index (χ2v) is 4.74. The Morgan fingerprint density at radius 2 is 1.85 bits per heavy atom. The van der Waals surface area contributed by atoms with E-state index in [-0.39, 0.29) is 5.91 Å². The lowest BCUT2D eigenvalue weighted by atomic mass is 10.2. The van der Waals surface area contributed by atoms with Gasteiger partial charge < -0.3 is 10.6 Å². The molecule has 0 aromatic heterocycles. The van der Waals surface area contributed by atoms with Crippen LogP contribution in [0.15, 0.2) is 54.6 Å². The molecule has 0 aliphatic rings. The fourth-order valence-corrected chi connectivity index (χ4v) is 1.84. The van der Waals surface area contributed by atoms with Crippen LogP contribution in [-0.2, 0) is 4.79 Å². The summed E-state index contributed by atoms with van der Waals surface area (Å²) in [4.78, 5) is 13.7. The quantitative estimate of drug-likeness (QED) is 0.684. The Bertz CT molecular complexity index is 630. The molecule has 0 spiro atoms. The summed E-state index contributed by atoms with van der Waals surface area (Å²) in [5, 5.41) is 0. The summed E-state index contributed by atoms with van der Waals surface area (Å²) in [5.74, 6) is -0.0729. The molecule has 0 unspecified atom stereocenters. The summed E-state index contributed by atoms with van der Waals surface area (Å²) >= 11 is 0. The van der Waals surface area contributed by atoms with E-state index in [1.54, 1.807) is 24.1 Å². The maximum Gasteiger partial charge on any atom is 0.250 e. The van der Waals surface area contributed by atoms with Crippen molar-refractivity contribution in [1.82, 2.24) is 0 Å². The molecule has 0 aliphatic heterocycles. The third kappa shape index (κ3) is 3.48. The highest BCUT2D eigenvalue weighted by atomic mass is 16.2. The van der Waals surface area contributed by atoms with E-state index in [4.69, 9.17) is 5.73 Å². The second kappa shape index (κ2) is 6.06. The lowest BCUT2D eigenvalue weighted by Gasteiger charge is -2.15. The van der Waals surface area contributed by atoms with Gasteiger partial charge in [0.25, 0.3) is 5.91 Å². The van der Waals surface area contributed by atoms with E-state index in [2.05, 4.69) is 0 Å². The molecule has 0 radical (unpaired) electrons. The predicted molar refractivity (Wildman–Crippen MR) is 84.5 cm³/mol. The van der Waals surface area contributed by atoms with Crippen molar-refractivity contribution >= 4 is 23.4 Å². The highest BCUT2D eigenvalue weighted by molar-refractivity contribution is 6.03. The van der Waals surface area contributed by atoms with E-state index in [1.165, 1.54) is 5.56 Å². The van der Waals surface area contributed by atoms with Crippen LogP contribution in [0.2, 0.25) is 0 Å². The maximum absolute atomic E-state index is 12.1. The lowest BCUT2D eigenvalue weighted by Crippen LogP contribution is -2.23. The van der Waals surface area contributed by atoms with Crippen molar-refractivity contribution in [2.24, 2.45) is 0 Å². The van der Waals surface area contributed by atoms with Crippen molar-refractivity contribution in [3.05, 3.63) is 65.7 Å². The molecule has 2 rings (SSSR count). The average molecular weight is 266 g/mol. The highest BCUT2D eigenvalue weighted by Crippen LogP contribution is 2.14. The van der Waals surface area contributed by atoms with Gasteiger partial charge in [-0.15, -0.1) is 0 Å². The van der Waals surface area contributed by atoms with Crippen LogP contribution in [0.4, 0.5) is 11.4 Å². The summed E-state index contributed by atoms with van der Waals surface area (Å²) in [6, 6.07) is 15.3. The van der Waals surface area contributed by atoms with Crippen LogP contribution in [-0.4, -0.2) is 13.0 Å². The van der Waals surface area contributed by atoms with Gasteiger partial charge in [0.1, 0.15) is 0 Å². The molecular formula is C17H18N2O. The number of carbonyl (C=O) groups is 1. The second-order valence-electron chi connectivity index (χ2n) is 4.74. The van der Waals surface area contributed by atoms with Gasteiger partial charge in [0.05, 0.1) is 0 Å². The first kappa shape index (κ1) is 13.9. The van der Waals surface area contributed by atoms with Gasteiger partial charge in [-0.25, -0.2) is 0 Å². The van der Waals surface area contributed by atoms with Gasteiger partial charge in [-0.05, 0) is 42.8 Å². The number of hydrogen-bond donors (Lipinski definition) is 1. The number of likely N-dealkylation sites (N-methyl/N-ethyl adjacent to an activating group) is 1. The first-order valence-electron chi connectivity index (χ1n) is 6.44. The molecule has 2 aromatic carbocycles. The number of anilines is 2. The van der Waals surface area contributed by atoms with Crippen molar-refractivity contribution in [3.63, 3.8) is 0 Å². The topological polar surface area (TPSA) is 46.3 Å². The number of rotatable bonds is 3. The minimum absolute atomic E-state index is 0.0729. The first-order chi connectivity index (χ1) is 9.56. The number of amides is 1. The van der Waals surface area contributed by atoms with Gasteiger partial charge in [-0.3, -0.25) is 4.79 Å². The van der Waals surface area contributed by atoms with Crippen LogP contribution in [0.25, 0.3) is 6.08 Å². The van der Waals surface area contributed by atoms with Crippen LogP contribution >= 0.6 is 0 Å². The van der Waals surface area contributed by atoms with Crippen LogP contribution in [0.1, 0.15) is 11.1 Å². The van der Waals surface area contributed by atoms with Gasteiger partial charge in [0.2, 0.25) is 0 Å². The molecule has 0 atom stereocenters. The van der Waals surface area contributed by atoms with E-state index in [9.17, 15) is 4.79 Å². The van der Waals surface area contributed by atoms with Gasteiger partial charge >= 0.3 is 0 Å². The molecule has 0 bridgehead atoms. The Morgan fingerprint density at radius 1 is 1.15 bits per heavy atom. The van der Waals surface area contributed by atoms with Crippen molar-refractivity contribution in [3.8, 4) is 0 Å². The largest absolute Gasteiger partial charge is 0.399 e. The van der Waals surface area contributed by atoms with Crippen molar-refractivity contribution in [2.75, 3.05) is 17.7 Å². The molecule has 2 N–H and O–H groups in total. The molecular weight excluding hydrogens is 248 g/mol. The van der Waals surface area contributed by atoms with Crippen molar-refractivity contribution < 1.29 is 4.79 Å². The number of carbonyl (C=O) groups excluding carboxylic acids is 1. The summed E-state index contributed by atoms with van der Waals surface area (Å²) in [6.45, 7) is 2.02. The van der Waals surface area contributed by atoms with Crippen LogP contribution in [0.3, 0.4) is 0 Å². The number of benzene rings is 2. The van der Waals surface area contributed by atoms with Crippen LogP contribution < -0.4 is 10.6 Å². The number of nitrogens with two attached hydrogens (primary N) is 1. The fraction of sp³-hybridized carbons (Fsp3) is 0.118. The summed E-state index contributed by atoms with van der Waals surface area (Å²) in [5.41, 5.74) is 9.34. The molecule has 0 heterocycles. The van der Waals surface area contributed by atoms with E-state index < -0.39 is 0 Å². The Hall–Kier alpha value is -2.55. The SMILES string of the molecule is Cc1ccc(N(C)C(=O)/C=C/c2cccc(N)c2)cc1. The van der Waals surface area contributed by atoms with E-state index >= 15 is 0 Å². The van der Waals surface area contributed by atoms with Crippen LogP contribution in [0, 0.1) is 6.92 Å².